The topological polar surface area (TPSA) is 62.4 Å². The normalized spacial score (nSPS) is 14.3. The van der Waals surface area contributed by atoms with Gasteiger partial charge < -0.3 is 9.52 Å². The molecule has 1 aromatic carbocycles. The van der Waals surface area contributed by atoms with E-state index in [2.05, 4.69) is 15.1 Å². The van der Waals surface area contributed by atoms with E-state index in [0.717, 1.165) is 12.1 Å². The number of rotatable bonds is 6. The fourth-order valence-electron chi connectivity index (χ4n) is 1.92. The molecule has 0 spiro atoms. The van der Waals surface area contributed by atoms with Crippen molar-refractivity contribution in [3.05, 3.63) is 34.1 Å². The van der Waals surface area contributed by atoms with E-state index >= 15 is 0 Å². The zero-order valence-corrected chi connectivity index (χ0v) is 14.3. The van der Waals surface area contributed by atoms with Crippen LogP contribution in [0.15, 0.2) is 22.6 Å². The highest BCUT2D eigenvalue weighted by molar-refractivity contribution is 6.42. The van der Waals surface area contributed by atoms with Gasteiger partial charge in [0.15, 0.2) is 0 Å². The van der Waals surface area contributed by atoms with Crippen molar-refractivity contribution in [3.63, 3.8) is 0 Å². The molecule has 120 valence electrons. The molecule has 0 fully saturated rings. The van der Waals surface area contributed by atoms with Crippen molar-refractivity contribution in [2.45, 2.75) is 32.4 Å². The maximum absolute atomic E-state index is 9.35. The Morgan fingerprint density at radius 2 is 1.95 bits per heavy atom. The van der Waals surface area contributed by atoms with Crippen LogP contribution < -0.4 is 0 Å². The lowest BCUT2D eigenvalue weighted by Gasteiger charge is -2.22. The number of nitrogens with zero attached hydrogens (tertiary/aromatic N) is 3. The minimum Gasteiger partial charge on any atom is -0.419 e. The van der Waals surface area contributed by atoms with Crippen LogP contribution in [0.2, 0.25) is 10.0 Å². The Hall–Kier alpha value is -1.14. The third kappa shape index (κ3) is 4.20. The Bertz CT molecular complexity index is 631. The van der Waals surface area contributed by atoms with Crippen LogP contribution in [0.5, 0.6) is 0 Å². The summed E-state index contributed by atoms with van der Waals surface area (Å²) in [6, 6.07) is 5.14. The van der Waals surface area contributed by atoms with Gasteiger partial charge in [-0.15, -0.1) is 10.2 Å². The van der Waals surface area contributed by atoms with E-state index in [9.17, 15) is 5.11 Å². The highest BCUT2D eigenvalue weighted by Gasteiger charge is 2.19. The summed E-state index contributed by atoms with van der Waals surface area (Å²) in [4.78, 5) is 2.05. The number of hydrogen-bond acceptors (Lipinski definition) is 5. The summed E-state index contributed by atoms with van der Waals surface area (Å²) < 4.78 is 5.73. The highest BCUT2D eigenvalue weighted by Crippen LogP contribution is 2.29. The van der Waals surface area contributed by atoms with Crippen LogP contribution >= 0.6 is 23.2 Å². The van der Waals surface area contributed by atoms with Gasteiger partial charge in [-0.05, 0) is 45.5 Å². The molecule has 2 rings (SSSR count). The largest absolute Gasteiger partial charge is 0.419 e. The number of aliphatic hydroxyl groups is 1. The number of halogens is 2. The third-order valence-electron chi connectivity index (χ3n) is 3.53. The first kappa shape index (κ1) is 17.2. The van der Waals surface area contributed by atoms with E-state index in [0.29, 0.717) is 28.2 Å². The summed E-state index contributed by atoms with van der Waals surface area (Å²) in [5, 5.41) is 18.4. The average molecular weight is 344 g/mol. The molecule has 1 heterocycles. The molecule has 1 N–H and O–H groups in total. The average Bonchev–Trinajstić information content (AvgIpc) is 2.96. The molecule has 2 unspecified atom stereocenters. The molecule has 2 aromatic rings. The molecule has 0 amide bonds. The number of hydrogen-bond donors (Lipinski definition) is 1. The molecule has 22 heavy (non-hydrogen) atoms. The molecule has 0 aliphatic carbocycles. The molecule has 7 heteroatoms. The van der Waals surface area contributed by atoms with Gasteiger partial charge in [0.1, 0.15) is 0 Å². The van der Waals surface area contributed by atoms with Gasteiger partial charge in [0.2, 0.25) is 11.8 Å². The molecule has 0 bridgehead atoms. The molecule has 1 aromatic heterocycles. The Balaban J connectivity index is 2.11. The Morgan fingerprint density at radius 3 is 2.59 bits per heavy atom. The summed E-state index contributed by atoms with van der Waals surface area (Å²) in [7, 11) is 1.95. The highest BCUT2D eigenvalue weighted by atomic mass is 35.5. The molecule has 0 saturated heterocycles. The quantitative estimate of drug-likeness (QED) is 0.863. The fourth-order valence-corrected chi connectivity index (χ4v) is 2.22. The lowest BCUT2D eigenvalue weighted by Crippen LogP contribution is -2.26. The molecule has 5 nitrogen and oxygen atoms in total. The zero-order valence-electron chi connectivity index (χ0n) is 12.8. The maximum Gasteiger partial charge on any atom is 0.247 e. The van der Waals surface area contributed by atoms with Crippen LogP contribution in [0, 0.1) is 0 Å². The van der Waals surface area contributed by atoms with Crippen LogP contribution in [0.1, 0.15) is 32.2 Å². The summed E-state index contributed by atoms with van der Waals surface area (Å²) in [5.74, 6) is 0.929. The predicted molar refractivity (Wildman–Crippen MR) is 87.1 cm³/mol. The molecular formula is C15H19Cl2N3O2. The molecule has 2 atom stereocenters. The second-order valence-electron chi connectivity index (χ2n) is 5.37. The van der Waals surface area contributed by atoms with Crippen LogP contribution in [-0.4, -0.2) is 39.9 Å². The number of aliphatic hydroxyl groups excluding tert-OH is 1. The smallest absolute Gasteiger partial charge is 0.247 e. The molecule has 0 aliphatic rings. The van der Waals surface area contributed by atoms with E-state index < -0.39 is 0 Å². The second kappa shape index (κ2) is 7.42. The van der Waals surface area contributed by atoms with E-state index in [1.807, 2.05) is 14.0 Å². The summed E-state index contributed by atoms with van der Waals surface area (Å²) in [6.45, 7) is 4.49. The van der Waals surface area contributed by atoms with E-state index in [-0.39, 0.29) is 12.1 Å². The lowest BCUT2D eigenvalue weighted by molar-refractivity contribution is 0.146. The standard InChI is InChI=1S/C15H19Cl2N3O2/c1-9(21)6-7-20(3)10(2)14-18-19-15(22-14)11-4-5-12(16)13(17)8-11/h4-5,8-10,21H,6-7H2,1-3H3. The molecular weight excluding hydrogens is 325 g/mol. The van der Waals surface area contributed by atoms with Gasteiger partial charge in [-0.3, -0.25) is 4.90 Å². The second-order valence-corrected chi connectivity index (χ2v) is 6.18. The molecule has 0 saturated carbocycles. The predicted octanol–water partition coefficient (Wildman–Crippen LogP) is 3.81. The third-order valence-corrected chi connectivity index (χ3v) is 4.26. The van der Waals surface area contributed by atoms with Gasteiger partial charge in [0, 0.05) is 12.1 Å². The molecule has 0 radical (unpaired) electrons. The van der Waals surface area contributed by atoms with Gasteiger partial charge in [-0.1, -0.05) is 23.2 Å². The monoisotopic (exact) mass is 343 g/mol. The van der Waals surface area contributed by atoms with Crippen LogP contribution in [0.4, 0.5) is 0 Å². The minimum absolute atomic E-state index is 0.0391. The van der Waals surface area contributed by atoms with Gasteiger partial charge in [0.25, 0.3) is 0 Å². The summed E-state index contributed by atoms with van der Waals surface area (Å²) in [5.41, 5.74) is 0.729. The zero-order chi connectivity index (χ0) is 16.3. The van der Waals surface area contributed by atoms with Crippen molar-refractivity contribution in [3.8, 4) is 11.5 Å². The van der Waals surface area contributed by atoms with Crippen molar-refractivity contribution in [1.29, 1.82) is 0 Å². The first-order valence-electron chi connectivity index (χ1n) is 7.05. The SMILES string of the molecule is CC(O)CCN(C)C(C)c1nnc(-c2ccc(Cl)c(Cl)c2)o1. The van der Waals surface area contributed by atoms with Crippen LogP contribution in [0.25, 0.3) is 11.5 Å². The van der Waals surface area contributed by atoms with Crippen molar-refractivity contribution in [2.24, 2.45) is 0 Å². The minimum atomic E-state index is -0.330. The lowest BCUT2D eigenvalue weighted by atomic mass is 10.2. The van der Waals surface area contributed by atoms with Gasteiger partial charge in [-0.2, -0.15) is 0 Å². The van der Waals surface area contributed by atoms with Crippen molar-refractivity contribution < 1.29 is 9.52 Å². The van der Waals surface area contributed by atoms with Crippen LogP contribution in [0.3, 0.4) is 0 Å². The summed E-state index contributed by atoms with van der Waals surface area (Å²) >= 11 is 11.9. The maximum atomic E-state index is 9.35. The summed E-state index contributed by atoms with van der Waals surface area (Å²) in [6.07, 6.45) is 0.360. The van der Waals surface area contributed by atoms with Gasteiger partial charge in [0.05, 0.1) is 22.2 Å². The van der Waals surface area contributed by atoms with Crippen LogP contribution in [-0.2, 0) is 0 Å². The Labute approximate surface area is 139 Å². The number of benzene rings is 1. The van der Waals surface area contributed by atoms with Gasteiger partial charge in [-0.25, -0.2) is 0 Å². The Kier molecular flexibility index (Phi) is 5.81. The van der Waals surface area contributed by atoms with Crippen molar-refractivity contribution in [1.82, 2.24) is 15.1 Å². The number of aromatic nitrogens is 2. The van der Waals surface area contributed by atoms with Gasteiger partial charge >= 0.3 is 0 Å². The first-order valence-corrected chi connectivity index (χ1v) is 7.81. The van der Waals surface area contributed by atoms with E-state index in [1.54, 1.807) is 25.1 Å². The first-order chi connectivity index (χ1) is 10.4. The Morgan fingerprint density at radius 1 is 1.23 bits per heavy atom. The van der Waals surface area contributed by atoms with Crippen molar-refractivity contribution >= 4 is 23.2 Å². The molecule has 0 aliphatic heterocycles. The van der Waals surface area contributed by atoms with Crippen molar-refractivity contribution in [2.75, 3.05) is 13.6 Å². The van der Waals surface area contributed by atoms with E-state index in [4.69, 9.17) is 27.6 Å². The fraction of sp³-hybridized carbons (Fsp3) is 0.467. The van der Waals surface area contributed by atoms with E-state index in [1.165, 1.54) is 0 Å².